The molecule has 0 aliphatic rings. The maximum Gasteiger partial charge on any atom is 0.147 e. The van der Waals surface area contributed by atoms with Gasteiger partial charge < -0.3 is 14.7 Å². The highest BCUT2D eigenvalue weighted by Crippen LogP contribution is 2.25. The van der Waals surface area contributed by atoms with Crippen LogP contribution in [0.2, 0.25) is 0 Å². The molecule has 112 valence electrons. The summed E-state index contributed by atoms with van der Waals surface area (Å²) in [5, 5.41) is 12.0. The van der Waals surface area contributed by atoms with Gasteiger partial charge in [-0.25, -0.2) is 8.42 Å². The third kappa shape index (κ3) is 5.08. The van der Waals surface area contributed by atoms with E-state index >= 15 is 0 Å². The standard InChI is InChI=1S/C13H19NO5S/c1-10(14-15)12-6-5-11(18-2)9-13(12)19-7-4-8-20(3,16)17/h5-6,9,15H,4,7-8H2,1-3H3/b14-10+. The molecule has 1 aromatic rings. The van der Waals surface area contributed by atoms with E-state index in [4.69, 9.17) is 14.7 Å². The van der Waals surface area contributed by atoms with Gasteiger partial charge in [-0.05, 0) is 25.5 Å². The minimum Gasteiger partial charge on any atom is -0.497 e. The Hall–Kier alpha value is -1.76. The van der Waals surface area contributed by atoms with E-state index in [1.807, 2.05) is 0 Å². The van der Waals surface area contributed by atoms with Gasteiger partial charge in [0.25, 0.3) is 0 Å². The van der Waals surface area contributed by atoms with Crippen LogP contribution in [0, 0.1) is 0 Å². The molecular weight excluding hydrogens is 282 g/mol. The van der Waals surface area contributed by atoms with Crippen molar-refractivity contribution in [3.8, 4) is 11.5 Å². The summed E-state index contributed by atoms with van der Waals surface area (Å²) in [5.41, 5.74) is 1.04. The number of sulfone groups is 1. The number of benzene rings is 1. The molecule has 0 amide bonds. The second-order valence-electron chi connectivity index (χ2n) is 4.38. The van der Waals surface area contributed by atoms with Crippen molar-refractivity contribution in [1.82, 2.24) is 0 Å². The van der Waals surface area contributed by atoms with Crippen molar-refractivity contribution in [2.75, 3.05) is 25.7 Å². The molecule has 0 aromatic heterocycles. The molecule has 0 saturated carbocycles. The summed E-state index contributed by atoms with van der Waals surface area (Å²) in [6.07, 6.45) is 1.58. The first kappa shape index (κ1) is 16.3. The first-order valence-corrected chi connectivity index (χ1v) is 8.11. The highest BCUT2D eigenvalue weighted by molar-refractivity contribution is 7.90. The smallest absolute Gasteiger partial charge is 0.147 e. The number of methoxy groups -OCH3 is 1. The Labute approximate surface area is 118 Å². The van der Waals surface area contributed by atoms with Crippen LogP contribution < -0.4 is 9.47 Å². The second kappa shape index (κ2) is 7.14. The molecule has 0 spiro atoms. The topological polar surface area (TPSA) is 85.2 Å². The Bertz CT molecular complexity index is 580. The van der Waals surface area contributed by atoms with Crippen molar-refractivity contribution < 1.29 is 23.1 Å². The van der Waals surface area contributed by atoms with Crippen molar-refractivity contribution in [2.45, 2.75) is 13.3 Å². The Morgan fingerprint density at radius 2 is 2.10 bits per heavy atom. The van der Waals surface area contributed by atoms with Gasteiger partial charge in [-0.3, -0.25) is 0 Å². The number of ether oxygens (including phenoxy) is 2. The molecular formula is C13H19NO5S. The fourth-order valence-corrected chi connectivity index (χ4v) is 2.25. The van der Waals surface area contributed by atoms with Crippen LogP contribution in [-0.2, 0) is 9.84 Å². The van der Waals surface area contributed by atoms with Crippen LogP contribution in [0.1, 0.15) is 18.9 Å². The number of hydrogen-bond donors (Lipinski definition) is 1. The fraction of sp³-hybridized carbons (Fsp3) is 0.462. The Morgan fingerprint density at radius 1 is 1.40 bits per heavy atom. The van der Waals surface area contributed by atoms with Crippen LogP contribution in [-0.4, -0.2) is 45.1 Å². The zero-order chi connectivity index (χ0) is 15.2. The highest BCUT2D eigenvalue weighted by Gasteiger charge is 2.10. The highest BCUT2D eigenvalue weighted by atomic mass is 32.2. The lowest BCUT2D eigenvalue weighted by Crippen LogP contribution is -2.09. The normalized spacial score (nSPS) is 12.2. The van der Waals surface area contributed by atoms with Gasteiger partial charge in [0.1, 0.15) is 21.3 Å². The van der Waals surface area contributed by atoms with Crippen molar-refractivity contribution in [2.24, 2.45) is 5.16 Å². The summed E-state index contributed by atoms with van der Waals surface area (Å²) in [6.45, 7) is 1.90. The second-order valence-corrected chi connectivity index (χ2v) is 6.64. The van der Waals surface area contributed by atoms with E-state index in [-0.39, 0.29) is 12.4 Å². The molecule has 0 radical (unpaired) electrons. The lowest BCUT2D eigenvalue weighted by Gasteiger charge is -2.12. The molecule has 1 aromatic carbocycles. The maximum absolute atomic E-state index is 11.0. The van der Waals surface area contributed by atoms with Gasteiger partial charge in [-0.2, -0.15) is 0 Å². The third-order valence-corrected chi connectivity index (χ3v) is 3.68. The minimum absolute atomic E-state index is 0.0688. The van der Waals surface area contributed by atoms with Gasteiger partial charge in [-0.1, -0.05) is 5.16 Å². The van der Waals surface area contributed by atoms with Gasteiger partial charge in [0, 0.05) is 17.9 Å². The van der Waals surface area contributed by atoms with Crippen LogP contribution in [0.3, 0.4) is 0 Å². The van der Waals surface area contributed by atoms with E-state index in [9.17, 15) is 8.42 Å². The van der Waals surface area contributed by atoms with Crippen LogP contribution in [0.4, 0.5) is 0 Å². The first-order chi connectivity index (χ1) is 9.37. The number of nitrogens with zero attached hydrogens (tertiary/aromatic N) is 1. The molecule has 0 atom stereocenters. The summed E-state index contributed by atoms with van der Waals surface area (Å²) in [7, 11) is -1.45. The molecule has 0 heterocycles. The summed E-state index contributed by atoms with van der Waals surface area (Å²) in [5.74, 6) is 1.17. The van der Waals surface area contributed by atoms with Gasteiger partial charge >= 0.3 is 0 Å². The zero-order valence-electron chi connectivity index (χ0n) is 11.8. The molecule has 0 bridgehead atoms. The molecule has 6 nitrogen and oxygen atoms in total. The van der Waals surface area contributed by atoms with Crippen LogP contribution in [0.5, 0.6) is 11.5 Å². The first-order valence-electron chi connectivity index (χ1n) is 6.05. The molecule has 20 heavy (non-hydrogen) atoms. The summed E-state index contributed by atoms with van der Waals surface area (Å²) in [4.78, 5) is 0. The largest absolute Gasteiger partial charge is 0.497 e. The third-order valence-electron chi connectivity index (χ3n) is 2.65. The summed E-state index contributed by atoms with van der Waals surface area (Å²) < 4.78 is 32.7. The fourth-order valence-electron chi connectivity index (χ4n) is 1.61. The molecule has 0 unspecified atom stereocenters. The molecule has 0 aliphatic carbocycles. The Kier molecular flexibility index (Phi) is 5.82. The Morgan fingerprint density at radius 3 is 2.65 bits per heavy atom. The van der Waals surface area contributed by atoms with Crippen molar-refractivity contribution in [1.29, 1.82) is 0 Å². The lowest BCUT2D eigenvalue weighted by molar-refractivity contribution is 0.310. The summed E-state index contributed by atoms with van der Waals surface area (Å²) in [6, 6.07) is 5.12. The van der Waals surface area contributed by atoms with Crippen molar-refractivity contribution in [3.63, 3.8) is 0 Å². The van der Waals surface area contributed by atoms with E-state index in [1.165, 1.54) is 13.4 Å². The van der Waals surface area contributed by atoms with E-state index in [1.54, 1.807) is 25.1 Å². The van der Waals surface area contributed by atoms with E-state index < -0.39 is 9.84 Å². The van der Waals surface area contributed by atoms with Crippen LogP contribution in [0.25, 0.3) is 0 Å². The minimum atomic E-state index is -2.99. The average molecular weight is 301 g/mol. The van der Waals surface area contributed by atoms with Crippen molar-refractivity contribution >= 4 is 15.5 Å². The molecule has 1 rings (SSSR count). The molecule has 0 fully saturated rings. The summed E-state index contributed by atoms with van der Waals surface area (Å²) >= 11 is 0. The lowest BCUT2D eigenvalue weighted by atomic mass is 10.1. The number of rotatable bonds is 7. The van der Waals surface area contributed by atoms with Crippen LogP contribution >= 0.6 is 0 Å². The van der Waals surface area contributed by atoms with Gasteiger partial charge in [-0.15, -0.1) is 0 Å². The number of oxime groups is 1. The monoisotopic (exact) mass is 301 g/mol. The Balaban J connectivity index is 2.80. The molecule has 0 aliphatic heterocycles. The predicted molar refractivity (Wildman–Crippen MR) is 76.8 cm³/mol. The van der Waals surface area contributed by atoms with E-state index in [2.05, 4.69) is 5.16 Å². The van der Waals surface area contributed by atoms with E-state index in [0.717, 1.165) is 0 Å². The van der Waals surface area contributed by atoms with Crippen LogP contribution in [0.15, 0.2) is 23.4 Å². The number of hydrogen-bond acceptors (Lipinski definition) is 6. The molecule has 7 heteroatoms. The quantitative estimate of drug-likeness (QED) is 0.358. The molecule has 0 saturated heterocycles. The van der Waals surface area contributed by atoms with Gasteiger partial charge in [0.05, 0.1) is 25.2 Å². The molecule has 1 N–H and O–H groups in total. The predicted octanol–water partition coefficient (Wildman–Crippen LogP) is 1.71. The van der Waals surface area contributed by atoms with E-state index in [0.29, 0.717) is 29.2 Å². The SMILES string of the molecule is COc1ccc(/C(C)=N/O)c(OCCCS(C)(=O)=O)c1. The van der Waals surface area contributed by atoms with Gasteiger partial charge in [0.2, 0.25) is 0 Å². The zero-order valence-corrected chi connectivity index (χ0v) is 12.6. The van der Waals surface area contributed by atoms with Crippen molar-refractivity contribution in [3.05, 3.63) is 23.8 Å². The van der Waals surface area contributed by atoms with Gasteiger partial charge in [0.15, 0.2) is 0 Å². The average Bonchev–Trinajstić information content (AvgIpc) is 2.41. The maximum atomic E-state index is 11.0.